The van der Waals surface area contributed by atoms with Gasteiger partial charge >= 0.3 is 0 Å². The van der Waals surface area contributed by atoms with E-state index in [1.807, 2.05) is 42.5 Å². The third-order valence-corrected chi connectivity index (χ3v) is 4.43. The highest BCUT2D eigenvalue weighted by Gasteiger charge is 2.14. The molecule has 0 radical (unpaired) electrons. The predicted octanol–water partition coefficient (Wildman–Crippen LogP) is 3.16. The van der Waals surface area contributed by atoms with Gasteiger partial charge in [0.25, 0.3) is 5.91 Å². The Labute approximate surface area is 155 Å². The number of aromatic nitrogens is 2. The van der Waals surface area contributed by atoms with Crippen LogP contribution in [0.5, 0.6) is 5.75 Å². The van der Waals surface area contributed by atoms with E-state index in [-0.39, 0.29) is 5.91 Å². The Balaban J connectivity index is 1.68. The number of carbonyl (C=O) groups is 1. The molecule has 2 heterocycles. The zero-order valence-electron chi connectivity index (χ0n) is 14.3. The molecule has 3 rings (SSSR count). The predicted molar refractivity (Wildman–Crippen MR) is 100 cm³/mol. The maximum absolute atomic E-state index is 12.3. The summed E-state index contributed by atoms with van der Waals surface area (Å²) < 4.78 is 10.8. The molecule has 0 saturated heterocycles. The van der Waals surface area contributed by atoms with Crippen molar-refractivity contribution in [3.63, 3.8) is 0 Å². The fourth-order valence-electron chi connectivity index (χ4n) is 2.27. The first-order valence-electron chi connectivity index (χ1n) is 8.12. The van der Waals surface area contributed by atoms with Gasteiger partial charge in [-0.15, -0.1) is 11.3 Å². The monoisotopic (exact) mass is 369 g/mol. The Morgan fingerprint density at radius 2 is 2.00 bits per heavy atom. The van der Waals surface area contributed by atoms with Gasteiger partial charge in [0.15, 0.2) is 0 Å². The molecule has 6 nitrogen and oxygen atoms in total. The van der Waals surface area contributed by atoms with Crippen LogP contribution in [-0.4, -0.2) is 36.2 Å². The van der Waals surface area contributed by atoms with Gasteiger partial charge in [-0.3, -0.25) is 9.78 Å². The summed E-state index contributed by atoms with van der Waals surface area (Å²) in [5.74, 6) is 0.496. The molecule has 3 aromatic rings. The first kappa shape index (κ1) is 18.0. The van der Waals surface area contributed by atoms with Crippen LogP contribution in [0, 0.1) is 0 Å². The number of carbonyl (C=O) groups excluding carboxylic acids is 1. The number of para-hydroxylation sites is 1. The zero-order chi connectivity index (χ0) is 18.2. The van der Waals surface area contributed by atoms with Crippen molar-refractivity contribution in [3.05, 3.63) is 65.4 Å². The van der Waals surface area contributed by atoms with Gasteiger partial charge in [0.1, 0.15) is 23.1 Å². The fourth-order valence-corrected chi connectivity index (χ4v) is 3.10. The molecule has 0 unspecified atom stereocenters. The van der Waals surface area contributed by atoms with Crippen molar-refractivity contribution in [2.45, 2.75) is 6.54 Å². The van der Waals surface area contributed by atoms with Crippen LogP contribution < -0.4 is 10.1 Å². The zero-order valence-corrected chi connectivity index (χ0v) is 15.2. The number of nitrogens with one attached hydrogen (secondary N) is 1. The van der Waals surface area contributed by atoms with Crippen molar-refractivity contribution >= 4 is 17.2 Å². The third-order valence-electron chi connectivity index (χ3n) is 3.56. The number of amides is 1. The lowest BCUT2D eigenvalue weighted by molar-refractivity contribution is 0.0946. The van der Waals surface area contributed by atoms with E-state index in [0.29, 0.717) is 25.5 Å². The van der Waals surface area contributed by atoms with Gasteiger partial charge in [-0.25, -0.2) is 4.98 Å². The van der Waals surface area contributed by atoms with Crippen molar-refractivity contribution < 1.29 is 14.3 Å². The summed E-state index contributed by atoms with van der Waals surface area (Å²) in [6.07, 6.45) is 1.70. The van der Waals surface area contributed by atoms with Crippen LogP contribution in [0.4, 0.5) is 0 Å². The molecule has 0 atom stereocenters. The first-order valence-corrected chi connectivity index (χ1v) is 9.00. The van der Waals surface area contributed by atoms with Gasteiger partial charge in [-0.2, -0.15) is 0 Å². The van der Waals surface area contributed by atoms with Crippen molar-refractivity contribution in [2.24, 2.45) is 0 Å². The van der Waals surface area contributed by atoms with E-state index >= 15 is 0 Å². The van der Waals surface area contributed by atoms with Gasteiger partial charge in [0, 0.05) is 18.7 Å². The van der Waals surface area contributed by atoms with Crippen molar-refractivity contribution in [1.82, 2.24) is 15.3 Å². The number of hydrogen-bond acceptors (Lipinski definition) is 6. The number of thiazole rings is 1. The molecule has 0 spiro atoms. The van der Waals surface area contributed by atoms with Crippen LogP contribution in [0.1, 0.15) is 16.2 Å². The lowest BCUT2D eigenvalue weighted by Crippen LogP contribution is -2.23. The Morgan fingerprint density at radius 1 is 1.15 bits per heavy atom. The standard InChI is InChI=1S/C19H19N3O3S/c1-24-10-11-25-17-8-3-2-7-15(17)19-22-16(13-26-19)18(23)21-12-14-6-4-5-9-20-14/h2-9,13H,10-12H2,1H3,(H,21,23). The van der Waals surface area contributed by atoms with E-state index in [1.54, 1.807) is 18.7 Å². The van der Waals surface area contributed by atoms with Crippen LogP contribution in [0.2, 0.25) is 0 Å². The van der Waals surface area contributed by atoms with Gasteiger partial charge in [-0.05, 0) is 24.3 Å². The van der Waals surface area contributed by atoms with Gasteiger partial charge in [0.2, 0.25) is 0 Å². The van der Waals surface area contributed by atoms with Gasteiger partial charge in [-0.1, -0.05) is 18.2 Å². The Bertz CT molecular complexity index is 852. The second-order valence-corrected chi connectivity index (χ2v) is 6.24. The molecule has 0 bridgehead atoms. The number of pyridine rings is 1. The first-order chi connectivity index (χ1) is 12.8. The highest BCUT2D eigenvalue weighted by Crippen LogP contribution is 2.32. The molecule has 0 saturated carbocycles. The molecule has 134 valence electrons. The molecule has 1 amide bonds. The average Bonchev–Trinajstić information content (AvgIpc) is 3.18. The molecule has 0 fully saturated rings. The van der Waals surface area contributed by atoms with Crippen LogP contribution in [0.15, 0.2) is 54.0 Å². The quantitative estimate of drug-likeness (QED) is 0.618. The van der Waals surface area contributed by atoms with Crippen LogP contribution in [0.25, 0.3) is 10.6 Å². The maximum atomic E-state index is 12.3. The summed E-state index contributed by atoms with van der Waals surface area (Å²) in [5.41, 5.74) is 2.04. The van der Waals surface area contributed by atoms with Gasteiger partial charge in [0.05, 0.1) is 24.4 Å². The van der Waals surface area contributed by atoms with Crippen molar-refractivity contribution in [2.75, 3.05) is 20.3 Å². The lowest BCUT2D eigenvalue weighted by atomic mass is 10.2. The largest absolute Gasteiger partial charge is 0.490 e. The summed E-state index contributed by atoms with van der Waals surface area (Å²) in [6, 6.07) is 13.2. The number of benzene rings is 1. The minimum absolute atomic E-state index is 0.226. The Hall–Kier alpha value is -2.77. The van der Waals surface area contributed by atoms with E-state index < -0.39 is 0 Å². The molecule has 7 heteroatoms. The van der Waals surface area contributed by atoms with E-state index in [9.17, 15) is 4.79 Å². The summed E-state index contributed by atoms with van der Waals surface area (Å²) in [5, 5.41) is 5.31. The number of hydrogen-bond donors (Lipinski definition) is 1. The number of rotatable bonds is 8. The normalized spacial score (nSPS) is 10.5. The Kier molecular flexibility index (Phi) is 6.29. The van der Waals surface area contributed by atoms with E-state index in [4.69, 9.17) is 9.47 Å². The molecule has 1 N–H and O–H groups in total. The van der Waals surface area contributed by atoms with E-state index in [1.165, 1.54) is 11.3 Å². The van der Waals surface area contributed by atoms with Gasteiger partial charge < -0.3 is 14.8 Å². The summed E-state index contributed by atoms with van der Waals surface area (Å²) in [4.78, 5) is 21.0. The van der Waals surface area contributed by atoms with E-state index in [0.717, 1.165) is 22.0 Å². The van der Waals surface area contributed by atoms with Crippen LogP contribution in [0.3, 0.4) is 0 Å². The third kappa shape index (κ3) is 4.65. The fraction of sp³-hybridized carbons (Fsp3) is 0.211. The molecule has 0 aliphatic rings. The molecular formula is C19H19N3O3S. The smallest absolute Gasteiger partial charge is 0.271 e. The summed E-state index contributed by atoms with van der Waals surface area (Å²) >= 11 is 1.41. The van der Waals surface area contributed by atoms with Crippen molar-refractivity contribution in [1.29, 1.82) is 0 Å². The molecular weight excluding hydrogens is 350 g/mol. The number of methoxy groups -OCH3 is 1. The lowest BCUT2D eigenvalue weighted by Gasteiger charge is -2.09. The molecule has 26 heavy (non-hydrogen) atoms. The SMILES string of the molecule is COCCOc1ccccc1-c1nc(C(=O)NCc2ccccn2)cs1. The minimum Gasteiger partial charge on any atom is -0.490 e. The molecule has 2 aromatic heterocycles. The topological polar surface area (TPSA) is 73.3 Å². The Morgan fingerprint density at radius 3 is 2.81 bits per heavy atom. The van der Waals surface area contributed by atoms with Crippen molar-refractivity contribution in [3.8, 4) is 16.3 Å². The number of nitrogens with zero attached hydrogens (tertiary/aromatic N) is 2. The summed E-state index contributed by atoms with van der Waals surface area (Å²) in [7, 11) is 1.63. The molecule has 0 aliphatic heterocycles. The van der Waals surface area contributed by atoms with Crippen LogP contribution >= 0.6 is 11.3 Å². The molecule has 1 aromatic carbocycles. The summed E-state index contributed by atoms with van der Waals surface area (Å²) in [6.45, 7) is 1.33. The average molecular weight is 369 g/mol. The molecule has 0 aliphatic carbocycles. The highest BCUT2D eigenvalue weighted by molar-refractivity contribution is 7.13. The minimum atomic E-state index is -0.226. The van der Waals surface area contributed by atoms with Crippen LogP contribution in [-0.2, 0) is 11.3 Å². The number of ether oxygens (including phenoxy) is 2. The second-order valence-electron chi connectivity index (χ2n) is 5.38. The second kappa shape index (κ2) is 9.07. The highest BCUT2D eigenvalue weighted by atomic mass is 32.1. The van der Waals surface area contributed by atoms with E-state index in [2.05, 4.69) is 15.3 Å². The maximum Gasteiger partial charge on any atom is 0.271 e.